The first kappa shape index (κ1) is 19.4. The molecule has 28 heavy (non-hydrogen) atoms. The first-order chi connectivity index (χ1) is 13.5. The summed E-state index contributed by atoms with van der Waals surface area (Å²) in [6.07, 6.45) is 0. The number of Topliss-reactive ketones (excluding diaryl/α,β-unsaturated/α-hetero) is 1. The molecule has 0 aliphatic carbocycles. The third-order valence-corrected chi connectivity index (χ3v) is 4.68. The fraction of sp³-hybridized carbons (Fsp3) is 0.238. The van der Waals surface area contributed by atoms with Gasteiger partial charge in [0, 0.05) is 18.7 Å². The predicted octanol–water partition coefficient (Wildman–Crippen LogP) is 2.08. The number of aliphatic hydroxyl groups is 1. The van der Waals surface area contributed by atoms with Crippen molar-refractivity contribution < 1.29 is 24.2 Å². The van der Waals surface area contributed by atoms with Crippen molar-refractivity contribution in [2.24, 2.45) is 5.73 Å². The van der Waals surface area contributed by atoms with Crippen molar-refractivity contribution in [1.82, 2.24) is 4.90 Å². The van der Waals surface area contributed by atoms with Crippen molar-refractivity contribution >= 4 is 17.4 Å². The van der Waals surface area contributed by atoms with Crippen LogP contribution in [0.1, 0.15) is 17.2 Å². The fourth-order valence-corrected chi connectivity index (χ4v) is 3.37. The molecule has 1 unspecified atom stereocenters. The summed E-state index contributed by atoms with van der Waals surface area (Å²) in [6, 6.07) is 13.0. The smallest absolute Gasteiger partial charge is 0.295 e. The van der Waals surface area contributed by atoms with E-state index in [2.05, 4.69) is 0 Å². The Hall–Kier alpha value is -3.32. The van der Waals surface area contributed by atoms with E-state index in [0.29, 0.717) is 22.6 Å². The highest BCUT2D eigenvalue weighted by atomic mass is 16.5. The maximum Gasteiger partial charge on any atom is 0.295 e. The molecule has 0 spiro atoms. The molecule has 0 saturated carbocycles. The van der Waals surface area contributed by atoms with Crippen LogP contribution in [0, 0.1) is 0 Å². The van der Waals surface area contributed by atoms with E-state index < -0.39 is 17.7 Å². The number of amides is 1. The Morgan fingerprint density at radius 2 is 1.75 bits per heavy atom. The Bertz CT molecular complexity index is 924. The predicted molar refractivity (Wildman–Crippen MR) is 104 cm³/mol. The van der Waals surface area contributed by atoms with Crippen molar-refractivity contribution in [2.45, 2.75) is 6.04 Å². The van der Waals surface area contributed by atoms with Crippen molar-refractivity contribution in [3.63, 3.8) is 0 Å². The van der Waals surface area contributed by atoms with Gasteiger partial charge in [0.15, 0.2) is 11.5 Å². The van der Waals surface area contributed by atoms with Crippen LogP contribution in [0.25, 0.3) is 5.76 Å². The van der Waals surface area contributed by atoms with Crippen molar-refractivity contribution in [1.29, 1.82) is 0 Å². The number of ether oxygens (including phenoxy) is 2. The number of hydrogen-bond donors (Lipinski definition) is 2. The van der Waals surface area contributed by atoms with Gasteiger partial charge in [-0.15, -0.1) is 0 Å². The van der Waals surface area contributed by atoms with Crippen LogP contribution in [0.5, 0.6) is 11.5 Å². The fourth-order valence-electron chi connectivity index (χ4n) is 3.37. The van der Waals surface area contributed by atoms with E-state index in [1.165, 1.54) is 19.1 Å². The second-order valence-electron chi connectivity index (χ2n) is 6.26. The summed E-state index contributed by atoms with van der Waals surface area (Å²) in [7, 11) is 3.02. The third-order valence-electron chi connectivity index (χ3n) is 4.68. The zero-order valence-corrected chi connectivity index (χ0v) is 15.7. The minimum Gasteiger partial charge on any atom is -0.507 e. The molecule has 1 aliphatic heterocycles. The van der Waals surface area contributed by atoms with Crippen LogP contribution in [0.2, 0.25) is 0 Å². The molecule has 2 aromatic carbocycles. The van der Waals surface area contributed by atoms with Gasteiger partial charge in [0.25, 0.3) is 11.7 Å². The molecule has 146 valence electrons. The molecule has 1 aliphatic rings. The van der Waals surface area contributed by atoms with Gasteiger partial charge in [-0.2, -0.15) is 0 Å². The van der Waals surface area contributed by atoms with E-state index in [4.69, 9.17) is 15.2 Å². The molecule has 3 N–H and O–H groups in total. The van der Waals surface area contributed by atoms with Gasteiger partial charge < -0.3 is 25.2 Å². The van der Waals surface area contributed by atoms with Crippen LogP contribution in [0.3, 0.4) is 0 Å². The van der Waals surface area contributed by atoms with E-state index >= 15 is 0 Å². The number of likely N-dealkylation sites (tertiary alicyclic amines) is 1. The van der Waals surface area contributed by atoms with Gasteiger partial charge in [-0.3, -0.25) is 9.59 Å². The number of methoxy groups -OCH3 is 2. The molecule has 1 heterocycles. The lowest BCUT2D eigenvalue weighted by Gasteiger charge is -2.25. The Morgan fingerprint density at radius 3 is 2.36 bits per heavy atom. The van der Waals surface area contributed by atoms with Gasteiger partial charge in [0.1, 0.15) is 5.76 Å². The summed E-state index contributed by atoms with van der Waals surface area (Å²) >= 11 is 0. The Balaban J connectivity index is 2.20. The highest BCUT2D eigenvalue weighted by Crippen LogP contribution is 2.41. The minimum absolute atomic E-state index is 0.0249. The lowest BCUT2D eigenvalue weighted by molar-refractivity contribution is -0.139. The monoisotopic (exact) mass is 382 g/mol. The van der Waals surface area contributed by atoms with E-state index in [9.17, 15) is 14.7 Å². The molecular weight excluding hydrogens is 360 g/mol. The van der Waals surface area contributed by atoms with Crippen molar-refractivity contribution in [3.05, 3.63) is 65.2 Å². The highest BCUT2D eigenvalue weighted by molar-refractivity contribution is 6.46. The second kappa shape index (κ2) is 8.14. The first-order valence-electron chi connectivity index (χ1n) is 8.79. The van der Waals surface area contributed by atoms with Crippen LogP contribution < -0.4 is 15.2 Å². The van der Waals surface area contributed by atoms with Gasteiger partial charge in [0.2, 0.25) is 0 Å². The molecule has 1 atom stereocenters. The number of carbonyl (C=O) groups excluding carboxylic acids is 2. The number of hydrogen-bond acceptors (Lipinski definition) is 6. The molecule has 1 amide bonds. The quantitative estimate of drug-likeness (QED) is 0.451. The van der Waals surface area contributed by atoms with Gasteiger partial charge in [-0.05, 0) is 17.7 Å². The SMILES string of the molecule is COc1ccc(C2C(=C(O)c3ccccc3)C(=O)C(=O)N2CCN)cc1OC. The third kappa shape index (κ3) is 3.32. The molecule has 1 saturated heterocycles. The summed E-state index contributed by atoms with van der Waals surface area (Å²) < 4.78 is 10.6. The van der Waals surface area contributed by atoms with Crippen LogP contribution in [0.15, 0.2) is 54.1 Å². The zero-order chi connectivity index (χ0) is 20.3. The van der Waals surface area contributed by atoms with E-state index in [-0.39, 0.29) is 24.4 Å². The van der Waals surface area contributed by atoms with E-state index in [1.54, 1.807) is 48.5 Å². The summed E-state index contributed by atoms with van der Waals surface area (Å²) in [5.41, 5.74) is 6.76. The molecule has 0 aromatic heterocycles. The van der Waals surface area contributed by atoms with Crippen LogP contribution in [-0.4, -0.2) is 49.0 Å². The average Bonchev–Trinajstić information content (AvgIpc) is 2.98. The van der Waals surface area contributed by atoms with Gasteiger partial charge in [-0.25, -0.2) is 0 Å². The molecule has 7 heteroatoms. The number of aliphatic hydroxyl groups excluding tert-OH is 1. The van der Waals surface area contributed by atoms with E-state index in [0.717, 1.165) is 0 Å². The maximum atomic E-state index is 12.8. The van der Waals surface area contributed by atoms with Gasteiger partial charge in [0.05, 0.1) is 25.8 Å². The Morgan fingerprint density at radius 1 is 1.07 bits per heavy atom. The minimum atomic E-state index is -0.774. The van der Waals surface area contributed by atoms with Gasteiger partial charge >= 0.3 is 0 Å². The number of rotatable bonds is 6. The molecule has 2 aromatic rings. The number of nitrogens with zero attached hydrogens (tertiary/aromatic N) is 1. The zero-order valence-electron chi connectivity index (χ0n) is 15.7. The lowest BCUT2D eigenvalue weighted by atomic mass is 9.95. The molecular formula is C21H22N2O5. The summed E-state index contributed by atoms with van der Waals surface area (Å²) in [5, 5.41) is 10.8. The van der Waals surface area contributed by atoms with Crippen LogP contribution in [-0.2, 0) is 9.59 Å². The maximum absolute atomic E-state index is 12.8. The van der Waals surface area contributed by atoms with Gasteiger partial charge in [-0.1, -0.05) is 36.4 Å². The number of benzene rings is 2. The summed E-state index contributed by atoms with van der Waals surface area (Å²) in [6.45, 7) is 0.358. The Labute approximate surface area is 163 Å². The number of carbonyl (C=O) groups is 2. The van der Waals surface area contributed by atoms with Crippen molar-refractivity contribution in [2.75, 3.05) is 27.3 Å². The van der Waals surface area contributed by atoms with Crippen LogP contribution in [0.4, 0.5) is 0 Å². The lowest BCUT2D eigenvalue weighted by Crippen LogP contribution is -2.34. The van der Waals surface area contributed by atoms with Crippen molar-refractivity contribution in [3.8, 4) is 11.5 Å². The number of ketones is 1. The largest absolute Gasteiger partial charge is 0.507 e. The standard InChI is InChI=1S/C21H22N2O5/c1-27-15-9-8-14(12-16(15)28-2)18-17(19(24)13-6-4-3-5-7-13)20(25)21(26)23(18)11-10-22/h3-9,12,18,24H,10-11,22H2,1-2H3. The first-order valence-corrected chi connectivity index (χ1v) is 8.79. The molecule has 0 radical (unpaired) electrons. The summed E-state index contributed by atoms with van der Waals surface area (Å²) in [5.74, 6) is -0.682. The van der Waals surface area contributed by atoms with E-state index in [1.807, 2.05) is 0 Å². The normalized spacial score (nSPS) is 18.4. The molecule has 7 nitrogen and oxygen atoms in total. The van der Waals surface area contributed by atoms with Crippen LogP contribution >= 0.6 is 0 Å². The molecule has 1 fully saturated rings. The molecule has 0 bridgehead atoms. The second-order valence-corrected chi connectivity index (χ2v) is 6.26. The number of nitrogens with two attached hydrogens (primary N) is 1. The Kier molecular flexibility index (Phi) is 5.65. The topological polar surface area (TPSA) is 102 Å². The summed E-state index contributed by atoms with van der Waals surface area (Å²) in [4.78, 5) is 26.8. The highest BCUT2D eigenvalue weighted by Gasteiger charge is 2.45. The molecule has 3 rings (SSSR count). The average molecular weight is 382 g/mol.